The smallest absolute Gasteiger partial charge is 0.326 e. The highest BCUT2D eigenvalue weighted by Gasteiger charge is 2.68. The second-order valence-corrected chi connectivity index (χ2v) is 8.95. The predicted molar refractivity (Wildman–Crippen MR) is 116 cm³/mol. The van der Waals surface area contributed by atoms with Gasteiger partial charge in [-0.25, -0.2) is 4.90 Å². The van der Waals surface area contributed by atoms with Gasteiger partial charge in [0.15, 0.2) is 5.78 Å². The lowest BCUT2D eigenvalue weighted by molar-refractivity contribution is -0.152. The number of esters is 1. The van der Waals surface area contributed by atoms with Gasteiger partial charge in [0.25, 0.3) is 0 Å². The van der Waals surface area contributed by atoms with E-state index in [4.69, 9.17) is 4.74 Å². The minimum Gasteiger partial charge on any atom is -0.468 e. The third-order valence-electron chi connectivity index (χ3n) is 6.21. The van der Waals surface area contributed by atoms with Gasteiger partial charge in [0.2, 0.25) is 11.8 Å². The summed E-state index contributed by atoms with van der Waals surface area (Å²) in [6.07, 6.45) is 0.993. The summed E-state index contributed by atoms with van der Waals surface area (Å²) in [5, 5.41) is 5.24. The SMILES string of the molecule is CCC[C@]1(C(=O)OC)N[C@@H](c2cccs2)[C@H]2C(=O)N(c3cccc(C(C)=O)c3)C(=O)[C@H]21. The summed E-state index contributed by atoms with van der Waals surface area (Å²) < 4.78 is 5.11. The number of thiophene rings is 1. The Morgan fingerprint density at radius 1 is 1.19 bits per heavy atom. The van der Waals surface area contributed by atoms with Crippen LogP contribution in [0, 0.1) is 11.8 Å². The first kappa shape index (κ1) is 21.4. The van der Waals surface area contributed by atoms with Crippen LogP contribution >= 0.6 is 11.3 Å². The number of carbonyl (C=O) groups excluding carboxylic acids is 4. The molecule has 0 aliphatic carbocycles. The average molecular weight is 441 g/mol. The molecular formula is C23H24N2O5S. The molecule has 0 unspecified atom stereocenters. The van der Waals surface area contributed by atoms with E-state index >= 15 is 0 Å². The molecule has 2 aromatic rings. The van der Waals surface area contributed by atoms with Crippen molar-refractivity contribution in [2.24, 2.45) is 11.8 Å². The van der Waals surface area contributed by atoms with Crippen LogP contribution in [0.4, 0.5) is 5.69 Å². The Kier molecular flexibility index (Phi) is 5.53. The van der Waals surface area contributed by atoms with Gasteiger partial charge < -0.3 is 4.74 Å². The van der Waals surface area contributed by atoms with E-state index < -0.39 is 35.3 Å². The van der Waals surface area contributed by atoms with E-state index in [2.05, 4.69) is 5.32 Å². The predicted octanol–water partition coefficient (Wildman–Crippen LogP) is 3.11. The van der Waals surface area contributed by atoms with Crippen LogP contribution in [0.5, 0.6) is 0 Å². The number of rotatable bonds is 6. The zero-order valence-electron chi connectivity index (χ0n) is 17.6. The largest absolute Gasteiger partial charge is 0.468 e. The Morgan fingerprint density at radius 3 is 2.58 bits per heavy atom. The molecular weight excluding hydrogens is 416 g/mol. The molecule has 0 saturated carbocycles. The van der Waals surface area contributed by atoms with Crippen molar-refractivity contribution in [3.8, 4) is 0 Å². The zero-order chi connectivity index (χ0) is 22.3. The lowest BCUT2D eigenvalue weighted by Crippen LogP contribution is -2.56. The molecule has 1 N–H and O–H groups in total. The van der Waals surface area contributed by atoms with Crippen molar-refractivity contribution in [3.05, 3.63) is 52.2 Å². The van der Waals surface area contributed by atoms with E-state index in [9.17, 15) is 19.2 Å². The minimum atomic E-state index is -1.29. The highest BCUT2D eigenvalue weighted by molar-refractivity contribution is 7.10. The van der Waals surface area contributed by atoms with Gasteiger partial charge in [-0.3, -0.25) is 24.5 Å². The van der Waals surface area contributed by atoms with Crippen LogP contribution in [-0.2, 0) is 19.1 Å². The zero-order valence-corrected chi connectivity index (χ0v) is 18.4. The molecule has 2 aliphatic rings. The standard InChI is InChI=1S/C23H24N2O5S/c1-4-10-23(22(29)30-3)18-17(19(24-23)16-9-6-11-31-16)20(27)25(21(18)28)15-8-5-7-14(12-15)13(2)26/h5-9,11-12,17-19,24H,4,10H2,1-3H3/t17-,18-,19-,23-/m0/s1. The molecule has 0 bridgehead atoms. The molecule has 162 valence electrons. The highest BCUT2D eigenvalue weighted by Crippen LogP contribution is 2.52. The molecule has 4 rings (SSSR count). The molecule has 2 amide bonds. The Labute approximate surface area is 184 Å². The first-order valence-electron chi connectivity index (χ1n) is 10.2. The van der Waals surface area contributed by atoms with Gasteiger partial charge in [-0.1, -0.05) is 31.5 Å². The molecule has 2 fully saturated rings. The molecule has 0 radical (unpaired) electrons. The van der Waals surface area contributed by atoms with Crippen LogP contribution in [0.3, 0.4) is 0 Å². The lowest BCUT2D eigenvalue weighted by Gasteiger charge is -2.32. The number of amides is 2. The summed E-state index contributed by atoms with van der Waals surface area (Å²) in [5.41, 5.74) is -0.532. The number of imide groups is 1. The van der Waals surface area contributed by atoms with Crippen molar-refractivity contribution in [3.63, 3.8) is 0 Å². The number of carbonyl (C=O) groups is 4. The van der Waals surface area contributed by atoms with E-state index in [1.807, 2.05) is 24.4 Å². The summed E-state index contributed by atoms with van der Waals surface area (Å²) in [5.74, 6) is -3.14. The molecule has 3 heterocycles. The fourth-order valence-electron chi connectivity index (χ4n) is 4.93. The molecule has 2 saturated heterocycles. The van der Waals surface area contributed by atoms with Crippen LogP contribution in [0.15, 0.2) is 41.8 Å². The highest BCUT2D eigenvalue weighted by atomic mass is 32.1. The van der Waals surface area contributed by atoms with Gasteiger partial charge in [-0.05, 0) is 36.9 Å². The molecule has 1 aromatic heterocycles. The van der Waals surface area contributed by atoms with E-state index in [0.717, 1.165) is 9.78 Å². The molecule has 8 heteroatoms. The summed E-state index contributed by atoms with van der Waals surface area (Å²) in [4.78, 5) is 54.2. The molecule has 2 aliphatic heterocycles. The second kappa shape index (κ2) is 8.01. The Balaban J connectivity index is 1.85. The summed E-state index contributed by atoms with van der Waals surface area (Å²) >= 11 is 1.47. The number of anilines is 1. The minimum absolute atomic E-state index is 0.158. The molecule has 7 nitrogen and oxygen atoms in total. The number of ketones is 1. The number of Topliss-reactive ketones (excluding diaryl/α,β-unsaturated/α-hetero) is 1. The summed E-state index contributed by atoms with van der Waals surface area (Å²) in [6, 6.07) is 9.77. The fourth-order valence-corrected chi connectivity index (χ4v) is 5.75. The maximum absolute atomic E-state index is 13.7. The number of methoxy groups -OCH3 is 1. The third-order valence-corrected chi connectivity index (χ3v) is 7.16. The fraction of sp³-hybridized carbons (Fsp3) is 0.391. The van der Waals surface area contributed by atoms with Crippen molar-refractivity contribution in [2.75, 3.05) is 12.0 Å². The van der Waals surface area contributed by atoms with Crippen LogP contribution < -0.4 is 10.2 Å². The van der Waals surface area contributed by atoms with Crippen LogP contribution in [0.2, 0.25) is 0 Å². The molecule has 4 atom stereocenters. The number of fused-ring (bicyclic) bond motifs is 1. The molecule has 0 spiro atoms. The van der Waals surface area contributed by atoms with Gasteiger partial charge in [-0.15, -0.1) is 11.3 Å². The van der Waals surface area contributed by atoms with Crippen molar-refractivity contribution in [1.29, 1.82) is 0 Å². The normalized spacial score (nSPS) is 27.5. The Hall–Kier alpha value is -2.84. The van der Waals surface area contributed by atoms with Crippen LogP contribution in [0.1, 0.15) is 48.0 Å². The second-order valence-electron chi connectivity index (χ2n) is 7.97. The number of benzene rings is 1. The first-order chi connectivity index (χ1) is 14.9. The lowest BCUT2D eigenvalue weighted by atomic mass is 9.77. The van der Waals surface area contributed by atoms with Crippen molar-refractivity contribution in [1.82, 2.24) is 5.32 Å². The summed E-state index contributed by atoms with van der Waals surface area (Å²) in [7, 11) is 1.30. The third kappa shape index (κ3) is 3.21. The average Bonchev–Trinajstić information content (AvgIpc) is 3.45. The number of ether oxygens (including phenoxy) is 1. The van der Waals surface area contributed by atoms with Gasteiger partial charge in [-0.2, -0.15) is 0 Å². The quantitative estimate of drug-likeness (QED) is 0.422. The molecule has 1 aromatic carbocycles. The number of hydrogen-bond acceptors (Lipinski definition) is 7. The van der Waals surface area contributed by atoms with E-state index in [1.165, 1.54) is 25.4 Å². The Morgan fingerprint density at radius 2 is 1.97 bits per heavy atom. The maximum atomic E-state index is 13.7. The van der Waals surface area contributed by atoms with Crippen molar-refractivity contribution >= 4 is 40.6 Å². The van der Waals surface area contributed by atoms with E-state index in [0.29, 0.717) is 24.1 Å². The first-order valence-corrected chi connectivity index (χ1v) is 11.1. The van der Waals surface area contributed by atoms with E-state index in [-0.39, 0.29) is 11.7 Å². The van der Waals surface area contributed by atoms with Gasteiger partial charge in [0, 0.05) is 10.4 Å². The van der Waals surface area contributed by atoms with Crippen LogP contribution in [-0.4, -0.2) is 36.2 Å². The topological polar surface area (TPSA) is 92.8 Å². The van der Waals surface area contributed by atoms with Crippen LogP contribution in [0.25, 0.3) is 0 Å². The van der Waals surface area contributed by atoms with Crippen molar-refractivity contribution < 1.29 is 23.9 Å². The monoisotopic (exact) mass is 440 g/mol. The number of hydrogen-bond donors (Lipinski definition) is 1. The number of nitrogens with zero attached hydrogens (tertiary/aromatic N) is 1. The van der Waals surface area contributed by atoms with E-state index in [1.54, 1.807) is 24.3 Å². The van der Waals surface area contributed by atoms with Gasteiger partial charge in [0.1, 0.15) is 5.54 Å². The summed E-state index contributed by atoms with van der Waals surface area (Å²) in [6.45, 7) is 3.36. The Bertz CT molecular complexity index is 1050. The van der Waals surface area contributed by atoms with Crippen molar-refractivity contribution in [2.45, 2.75) is 38.3 Å². The molecule has 31 heavy (non-hydrogen) atoms. The van der Waals surface area contributed by atoms with Gasteiger partial charge in [0.05, 0.1) is 30.7 Å². The number of nitrogens with one attached hydrogen (secondary N) is 1. The maximum Gasteiger partial charge on any atom is 0.326 e. The van der Waals surface area contributed by atoms with Gasteiger partial charge >= 0.3 is 5.97 Å².